The van der Waals surface area contributed by atoms with Gasteiger partial charge in [-0.05, 0) is 12.5 Å². The van der Waals surface area contributed by atoms with Crippen LogP contribution in [0.4, 0.5) is 0 Å². The third-order valence-electron chi connectivity index (χ3n) is 0.997. The lowest BCUT2D eigenvalue weighted by Crippen LogP contribution is -1.71. The van der Waals surface area contributed by atoms with Crippen LogP contribution in [0.25, 0.3) is 0 Å². The highest BCUT2D eigenvalue weighted by molar-refractivity contribution is 6.17. The van der Waals surface area contributed by atoms with Gasteiger partial charge in [0.15, 0.2) is 0 Å². The molecule has 1 rings (SSSR count). The minimum atomic E-state index is 0.612. The molecule has 1 heteroatoms. The Hall–Kier alpha value is -0.750. The Labute approximate surface area is 73.5 Å². The van der Waals surface area contributed by atoms with Crippen LogP contribution in [0, 0.1) is 0 Å². The summed E-state index contributed by atoms with van der Waals surface area (Å²) in [5.41, 5.74) is 1.18. The first-order valence-corrected chi connectivity index (χ1v) is 4.05. The van der Waals surface area contributed by atoms with E-state index >= 15 is 0 Å². The third-order valence-corrected chi connectivity index (χ3v) is 1.31. The van der Waals surface area contributed by atoms with E-state index in [1.165, 1.54) is 5.56 Å². The summed E-state index contributed by atoms with van der Waals surface area (Å²) in [5.74, 6) is 0.612. The maximum atomic E-state index is 5.53. The molecule has 0 heterocycles. The Kier molecular flexibility index (Phi) is 6.86. The van der Waals surface area contributed by atoms with Crippen LogP contribution in [-0.4, -0.2) is 0 Å². The largest absolute Gasteiger partial charge is 0.122 e. The fraction of sp³-hybridized carbons (Fsp3) is 0.200. The molecule has 0 radical (unpaired) electrons. The molecule has 0 N–H and O–H groups in total. The van der Waals surface area contributed by atoms with Gasteiger partial charge >= 0.3 is 0 Å². The van der Waals surface area contributed by atoms with E-state index in [9.17, 15) is 0 Å². The molecule has 0 nitrogen and oxygen atoms in total. The zero-order chi connectivity index (χ0) is 8.53. The van der Waals surface area contributed by atoms with E-state index in [4.69, 9.17) is 11.6 Å². The molecule has 0 saturated carbocycles. The molecule has 0 spiro atoms. The van der Waals surface area contributed by atoms with E-state index in [1.54, 1.807) is 6.08 Å². The van der Waals surface area contributed by atoms with E-state index in [0.717, 1.165) is 0 Å². The normalized spacial score (nSPS) is 7.82. The molecule has 0 atom stereocenters. The summed E-state index contributed by atoms with van der Waals surface area (Å²) in [7, 11) is 0. The summed E-state index contributed by atoms with van der Waals surface area (Å²) in [6.07, 6.45) is 1.75. The quantitative estimate of drug-likeness (QED) is 0.444. The second-order valence-corrected chi connectivity index (χ2v) is 2.29. The summed E-state index contributed by atoms with van der Waals surface area (Å²) < 4.78 is 0. The zero-order valence-corrected chi connectivity index (χ0v) is 7.51. The highest BCUT2D eigenvalue weighted by atomic mass is 35.5. The van der Waals surface area contributed by atoms with Crippen molar-refractivity contribution in [3.8, 4) is 0 Å². The Bertz CT molecular complexity index is 179. The number of alkyl halides is 1. The van der Waals surface area contributed by atoms with Gasteiger partial charge in [-0.3, -0.25) is 0 Å². The fourth-order valence-electron chi connectivity index (χ4n) is 0.567. The summed E-state index contributed by atoms with van der Waals surface area (Å²) in [5, 5.41) is 0. The summed E-state index contributed by atoms with van der Waals surface area (Å²) >= 11 is 5.53. The topological polar surface area (TPSA) is 0 Å². The van der Waals surface area contributed by atoms with Crippen molar-refractivity contribution in [2.75, 3.05) is 0 Å². The van der Waals surface area contributed by atoms with Crippen LogP contribution in [0.3, 0.4) is 0 Å². The lowest BCUT2D eigenvalue weighted by Gasteiger charge is -1.88. The van der Waals surface area contributed by atoms with Gasteiger partial charge < -0.3 is 0 Å². The number of benzene rings is 1. The molecule has 11 heavy (non-hydrogen) atoms. The SMILES string of the molecule is C=CC.ClCc1ccccc1. The minimum Gasteiger partial charge on any atom is -0.122 e. The van der Waals surface area contributed by atoms with Crippen LogP contribution in [0.2, 0.25) is 0 Å². The van der Waals surface area contributed by atoms with Crippen molar-refractivity contribution in [2.45, 2.75) is 12.8 Å². The van der Waals surface area contributed by atoms with Gasteiger partial charge in [0.1, 0.15) is 0 Å². The van der Waals surface area contributed by atoms with E-state index < -0.39 is 0 Å². The van der Waals surface area contributed by atoms with Gasteiger partial charge in [-0.25, -0.2) is 0 Å². The van der Waals surface area contributed by atoms with E-state index in [0.29, 0.717) is 5.88 Å². The van der Waals surface area contributed by atoms with Crippen molar-refractivity contribution in [1.82, 2.24) is 0 Å². The molecule has 0 aliphatic carbocycles. The summed E-state index contributed by atoms with van der Waals surface area (Å²) in [6.45, 7) is 5.25. The first-order chi connectivity index (χ1) is 5.35. The third kappa shape index (κ3) is 5.68. The van der Waals surface area contributed by atoms with Crippen LogP contribution in [0.5, 0.6) is 0 Å². The van der Waals surface area contributed by atoms with Crippen LogP contribution < -0.4 is 0 Å². The second kappa shape index (κ2) is 7.36. The maximum Gasteiger partial charge on any atom is 0.0474 e. The first-order valence-electron chi connectivity index (χ1n) is 3.52. The molecule has 0 fully saturated rings. The zero-order valence-electron chi connectivity index (χ0n) is 6.76. The summed E-state index contributed by atoms with van der Waals surface area (Å²) in [4.78, 5) is 0. The van der Waals surface area contributed by atoms with Gasteiger partial charge in [-0.15, -0.1) is 18.2 Å². The average molecular weight is 169 g/mol. The molecule has 60 valence electrons. The highest BCUT2D eigenvalue weighted by Crippen LogP contribution is 2.00. The smallest absolute Gasteiger partial charge is 0.0474 e. The number of rotatable bonds is 1. The van der Waals surface area contributed by atoms with E-state index in [2.05, 4.69) is 6.58 Å². The monoisotopic (exact) mass is 168 g/mol. The molecule has 1 aromatic carbocycles. The molecule has 0 aromatic heterocycles. The van der Waals surface area contributed by atoms with Gasteiger partial charge in [0, 0.05) is 5.88 Å². The molecular formula is C10H13Cl. The van der Waals surface area contributed by atoms with Crippen molar-refractivity contribution in [1.29, 1.82) is 0 Å². The predicted octanol–water partition coefficient (Wildman–Crippen LogP) is 3.62. The van der Waals surface area contributed by atoms with Crippen LogP contribution in [-0.2, 0) is 5.88 Å². The lowest BCUT2D eigenvalue weighted by molar-refractivity contribution is 1.41. The number of hydrogen-bond donors (Lipinski definition) is 0. The second-order valence-electron chi connectivity index (χ2n) is 2.03. The molecule has 1 aromatic rings. The summed E-state index contributed by atoms with van der Waals surface area (Å²) in [6, 6.07) is 9.96. The molecule has 0 aliphatic heterocycles. The number of hydrogen-bond acceptors (Lipinski definition) is 0. The van der Waals surface area contributed by atoms with Crippen molar-refractivity contribution in [3.05, 3.63) is 48.6 Å². The standard InChI is InChI=1S/C7H7Cl.C3H6/c8-6-7-4-2-1-3-5-7;1-3-2/h1-5H,6H2;3H,1H2,2H3. The van der Waals surface area contributed by atoms with Gasteiger partial charge in [0.05, 0.1) is 0 Å². The Morgan fingerprint density at radius 1 is 1.36 bits per heavy atom. The van der Waals surface area contributed by atoms with Gasteiger partial charge in [-0.2, -0.15) is 0 Å². The molecule has 0 aliphatic rings. The fourth-order valence-corrected chi connectivity index (χ4v) is 0.745. The average Bonchev–Trinajstić information content (AvgIpc) is 2.08. The highest BCUT2D eigenvalue weighted by Gasteiger charge is 1.81. The maximum absolute atomic E-state index is 5.53. The molecule has 0 bridgehead atoms. The van der Waals surface area contributed by atoms with Crippen molar-refractivity contribution < 1.29 is 0 Å². The minimum absolute atomic E-state index is 0.612. The van der Waals surface area contributed by atoms with Crippen molar-refractivity contribution in [3.63, 3.8) is 0 Å². The van der Waals surface area contributed by atoms with Gasteiger partial charge in [-0.1, -0.05) is 36.4 Å². The molecule has 0 amide bonds. The van der Waals surface area contributed by atoms with Crippen LogP contribution in [0.15, 0.2) is 43.0 Å². The first kappa shape index (κ1) is 10.2. The van der Waals surface area contributed by atoms with Gasteiger partial charge in [0.25, 0.3) is 0 Å². The van der Waals surface area contributed by atoms with Crippen molar-refractivity contribution >= 4 is 11.6 Å². The molecule has 0 saturated heterocycles. The number of allylic oxidation sites excluding steroid dienone is 1. The van der Waals surface area contributed by atoms with Crippen molar-refractivity contribution in [2.24, 2.45) is 0 Å². The van der Waals surface area contributed by atoms with Crippen LogP contribution in [0.1, 0.15) is 12.5 Å². The van der Waals surface area contributed by atoms with E-state index in [-0.39, 0.29) is 0 Å². The lowest BCUT2D eigenvalue weighted by atomic mass is 10.2. The molecule has 0 unspecified atom stereocenters. The van der Waals surface area contributed by atoms with E-state index in [1.807, 2.05) is 37.3 Å². The molecular weight excluding hydrogens is 156 g/mol. The Morgan fingerprint density at radius 2 is 1.82 bits per heavy atom. The van der Waals surface area contributed by atoms with Gasteiger partial charge in [0.2, 0.25) is 0 Å². The number of halogens is 1. The van der Waals surface area contributed by atoms with Crippen LogP contribution >= 0.6 is 11.6 Å². The predicted molar refractivity (Wildman–Crippen MR) is 51.9 cm³/mol. The Balaban J connectivity index is 0.000000292. The Morgan fingerprint density at radius 3 is 2.09 bits per heavy atom.